The van der Waals surface area contributed by atoms with Crippen LogP contribution in [-0.4, -0.2) is 106 Å². The molecule has 4 amide bonds. The van der Waals surface area contributed by atoms with Gasteiger partial charge in [0, 0.05) is 28.8 Å². The first-order valence-corrected chi connectivity index (χ1v) is 21.5. The normalized spacial score (nSPS) is 30.6. The highest BCUT2D eigenvalue weighted by Crippen LogP contribution is 2.48. The topological polar surface area (TPSA) is 185 Å². The molecule has 7 rings (SSSR count). The molecule has 2 saturated carbocycles. The summed E-state index contributed by atoms with van der Waals surface area (Å²) in [5.41, 5.74) is -1.70. The number of allylic oxidation sites excluding steroid dienone is 1. The van der Waals surface area contributed by atoms with E-state index in [9.17, 15) is 32.3 Å². The van der Waals surface area contributed by atoms with E-state index in [2.05, 4.69) is 10.0 Å². The van der Waals surface area contributed by atoms with Gasteiger partial charge in [0.05, 0.1) is 13.2 Å². The van der Waals surface area contributed by atoms with Crippen molar-refractivity contribution in [2.75, 3.05) is 19.8 Å². The molecule has 5 aliphatic rings. The number of rotatable bonds is 7. The van der Waals surface area contributed by atoms with Crippen molar-refractivity contribution in [3.63, 3.8) is 0 Å². The molecule has 2 aromatic rings. The standard InChI is InChI=1S/C41H54FN5O9S/c1-24-11-6-7-12-26-21-41(26,37(50)45-57(53,54)40(23-42)16-17-40)44-33(48)31-20-27(22-46(31)36(49)32(25(2)19-24)47(38(51)52)39(3,4)5)56-35-30-14-9-8-13-28(30)29-15-10-18-55-34(29)43-35/h7-9,12-14,24-27,31-32H,6,10-11,15-23H2,1-5H3,(H,44,48)(H,45,50)(H,51,52)/b12-7-/t24-,25+,26+,27+,31-,32-,41+/m0/s1. The van der Waals surface area contributed by atoms with Gasteiger partial charge >= 0.3 is 6.09 Å². The Labute approximate surface area is 333 Å². The van der Waals surface area contributed by atoms with Crippen molar-refractivity contribution in [2.45, 2.75) is 126 Å². The number of aryl methyl sites for hydroxylation is 1. The fourth-order valence-electron chi connectivity index (χ4n) is 9.01. The molecule has 0 spiro atoms. The van der Waals surface area contributed by atoms with Gasteiger partial charge in [-0.1, -0.05) is 44.2 Å². The summed E-state index contributed by atoms with van der Waals surface area (Å²) < 4.78 is 53.3. The molecular formula is C41H54FN5O9S. The van der Waals surface area contributed by atoms with Gasteiger partial charge in [-0.2, -0.15) is 4.98 Å². The lowest BCUT2D eigenvalue weighted by molar-refractivity contribution is -0.146. The van der Waals surface area contributed by atoms with Crippen LogP contribution < -0.4 is 19.5 Å². The molecule has 2 aliphatic carbocycles. The first kappa shape index (κ1) is 40.7. The SMILES string of the molecule is C[C@H]1CC/C=C\[C@@H]2C[C@@]2(C(=O)NS(=O)(=O)C2(CF)CC2)NC(=O)[C@@H]2C[C@@H](Oc3nc4c(c5ccccc35)CCCO4)CN2C(=O)[C@@H](N(C(=O)O)C(C)(C)C)[C@H](C)C1. The van der Waals surface area contributed by atoms with Crippen molar-refractivity contribution in [1.82, 2.24) is 24.8 Å². The number of amides is 4. The number of nitrogens with zero attached hydrogens (tertiary/aromatic N) is 3. The largest absolute Gasteiger partial charge is 0.477 e. The third-order valence-electron chi connectivity index (χ3n) is 12.5. The minimum atomic E-state index is -4.40. The first-order chi connectivity index (χ1) is 26.9. The van der Waals surface area contributed by atoms with Gasteiger partial charge in [0.25, 0.3) is 5.91 Å². The van der Waals surface area contributed by atoms with Gasteiger partial charge in [-0.05, 0) is 95.4 Å². The molecule has 0 bridgehead atoms. The summed E-state index contributed by atoms with van der Waals surface area (Å²) in [7, 11) is -4.40. The maximum atomic E-state index is 15.1. The van der Waals surface area contributed by atoms with E-state index in [4.69, 9.17) is 14.5 Å². The Hall–Kier alpha value is -4.47. The molecule has 3 aliphatic heterocycles. The number of carbonyl (C=O) groups is 4. The van der Waals surface area contributed by atoms with E-state index in [1.807, 2.05) is 44.2 Å². The van der Waals surface area contributed by atoms with Gasteiger partial charge in [-0.15, -0.1) is 0 Å². The monoisotopic (exact) mass is 811 g/mol. The smallest absolute Gasteiger partial charge is 0.408 e. The third-order valence-corrected chi connectivity index (χ3v) is 14.6. The van der Waals surface area contributed by atoms with Gasteiger partial charge in [0.15, 0.2) is 0 Å². The number of carboxylic acid groups (broad SMARTS) is 1. The summed E-state index contributed by atoms with van der Waals surface area (Å²) in [6, 6.07) is 5.23. The predicted octanol–water partition coefficient (Wildman–Crippen LogP) is 4.89. The molecule has 0 radical (unpaired) electrons. The van der Waals surface area contributed by atoms with Crippen LogP contribution in [0.15, 0.2) is 36.4 Å². The molecule has 310 valence electrons. The van der Waals surface area contributed by atoms with Crippen molar-refractivity contribution in [2.24, 2.45) is 17.8 Å². The lowest BCUT2D eigenvalue weighted by Gasteiger charge is -2.43. The Morgan fingerprint density at radius 3 is 2.54 bits per heavy atom. The van der Waals surface area contributed by atoms with Crippen LogP contribution in [0.3, 0.4) is 0 Å². The Bertz CT molecular complexity index is 2090. The number of ether oxygens (including phenoxy) is 2. The van der Waals surface area contributed by atoms with E-state index < -0.39 is 86.4 Å². The average Bonchev–Trinajstić information content (AvgIpc) is 4.06. The molecule has 1 aromatic heterocycles. The molecule has 3 fully saturated rings. The molecule has 0 unspecified atom stereocenters. The number of benzene rings is 1. The number of nitrogens with one attached hydrogen (secondary N) is 2. The fraction of sp³-hybridized carbons (Fsp3) is 0.634. The van der Waals surface area contributed by atoms with E-state index in [0.29, 0.717) is 31.7 Å². The maximum absolute atomic E-state index is 15.1. The minimum Gasteiger partial charge on any atom is -0.477 e. The van der Waals surface area contributed by atoms with Gasteiger partial charge in [0.1, 0.15) is 35.1 Å². The second-order valence-corrected chi connectivity index (χ2v) is 19.9. The molecular weight excluding hydrogens is 758 g/mol. The summed E-state index contributed by atoms with van der Waals surface area (Å²) in [6.45, 7) is 8.32. The van der Waals surface area contributed by atoms with Crippen LogP contribution in [0.4, 0.5) is 9.18 Å². The average molecular weight is 812 g/mol. The second kappa shape index (κ2) is 15.0. The highest BCUT2D eigenvalue weighted by Gasteiger charge is 2.64. The van der Waals surface area contributed by atoms with Gasteiger partial charge in [-0.3, -0.25) is 24.0 Å². The Morgan fingerprint density at radius 1 is 1.16 bits per heavy atom. The fourth-order valence-corrected chi connectivity index (χ4v) is 10.4. The zero-order chi connectivity index (χ0) is 41.1. The Balaban J connectivity index is 1.27. The summed E-state index contributed by atoms with van der Waals surface area (Å²) in [5, 5.41) is 15.1. The van der Waals surface area contributed by atoms with Crippen LogP contribution in [0.2, 0.25) is 0 Å². The van der Waals surface area contributed by atoms with Crippen molar-refractivity contribution >= 4 is 44.6 Å². The molecule has 7 atom stereocenters. The molecule has 16 heteroatoms. The highest BCUT2D eigenvalue weighted by atomic mass is 32.2. The number of hydrogen-bond donors (Lipinski definition) is 3. The third kappa shape index (κ3) is 7.65. The quantitative estimate of drug-likeness (QED) is 0.326. The zero-order valence-corrected chi connectivity index (χ0v) is 34.1. The molecule has 57 heavy (non-hydrogen) atoms. The number of halogens is 1. The van der Waals surface area contributed by atoms with E-state index in [1.165, 1.54) is 9.80 Å². The zero-order valence-electron chi connectivity index (χ0n) is 33.3. The van der Waals surface area contributed by atoms with Crippen molar-refractivity contribution in [1.29, 1.82) is 0 Å². The molecule has 3 N–H and O–H groups in total. The number of aromatic nitrogens is 1. The van der Waals surface area contributed by atoms with Crippen molar-refractivity contribution in [3.8, 4) is 11.8 Å². The lowest BCUT2D eigenvalue weighted by Crippen LogP contribution is -2.62. The number of sulfonamides is 1. The molecule has 4 heterocycles. The lowest BCUT2D eigenvalue weighted by atomic mass is 9.85. The van der Waals surface area contributed by atoms with Gasteiger partial charge < -0.3 is 24.8 Å². The predicted molar refractivity (Wildman–Crippen MR) is 209 cm³/mol. The summed E-state index contributed by atoms with van der Waals surface area (Å²) in [4.78, 5) is 64.0. The summed E-state index contributed by atoms with van der Waals surface area (Å²) in [5.74, 6) is -2.48. The van der Waals surface area contributed by atoms with Gasteiger partial charge in [-0.25, -0.2) is 17.6 Å². The van der Waals surface area contributed by atoms with Crippen LogP contribution in [0.25, 0.3) is 10.8 Å². The van der Waals surface area contributed by atoms with Crippen LogP contribution in [0.5, 0.6) is 11.8 Å². The molecule has 14 nitrogen and oxygen atoms in total. The number of alkyl halides is 1. The van der Waals surface area contributed by atoms with E-state index in [1.54, 1.807) is 26.8 Å². The van der Waals surface area contributed by atoms with Crippen LogP contribution in [0, 0.1) is 17.8 Å². The summed E-state index contributed by atoms with van der Waals surface area (Å²) in [6.07, 6.45) is 5.29. The van der Waals surface area contributed by atoms with Crippen molar-refractivity contribution in [3.05, 3.63) is 42.0 Å². The van der Waals surface area contributed by atoms with Crippen LogP contribution in [-0.2, 0) is 30.8 Å². The van der Waals surface area contributed by atoms with Crippen LogP contribution in [0.1, 0.15) is 91.5 Å². The second-order valence-electron chi connectivity index (χ2n) is 17.8. The van der Waals surface area contributed by atoms with E-state index in [-0.39, 0.29) is 44.0 Å². The number of carbonyl (C=O) groups excluding carboxylic acids is 3. The Kier molecular flexibility index (Phi) is 10.7. The molecule has 1 aromatic carbocycles. The highest BCUT2D eigenvalue weighted by molar-refractivity contribution is 7.91. The summed E-state index contributed by atoms with van der Waals surface area (Å²) >= 11 is 0. The van der Waals surface area contributed by atoms with Gasteiger partial charge in [0.2, 0.25) is 33.6 Å². The Morgan fingerprint density at radius 2 is 1.88 bits per heavy atom. The minimum absolute atomic E-state index is 0.0346. The van der Waals surface area contributed by atoms with E-state index in [0.717, 1.165) is 29.2 Å². The number of hydrogen-bond acceptors (Lipinski definition) is 9. The van der Waals surface area contributed by atoms with Crippen LogP contribution >= 0.6 is 0 Å². The maximum Gasteiger partial charge on any atom is 0.408 e. The number of pyridine rings is 1. The van der Waals surface area contributed by atoms with Crippen molar-refractivity contribution < 1.29 is 46.6 Å². The first-order valence-electron chi connectivity index (χ1n) is 20.1. The molecule has 1 saturated heterocycles. The number of fused-ring (bicyclic) bond motifs is 5. The van der Waals surface area contributed by atoms with E-state index >= 15 is 4.79 Å².